The van der Waals surface area contributed by atoms with Gasteiger partial charge in [-0.25, -0.2) is 8.42 Å². The van der Waals surface area contributed by atoms with Crippen LogP contribution in [-0.2, 0) is 25.7 Å². The van der Waals surface area contributed by atoms with Crippen molar-refractivity contribution in [2.75, 3.05) is 32.8 Å². The van der Waals surface area contributed by atoms with Crippen LogP contribution in [-0.4, -0.2) is 64.2 Å². The number of alkyl halides is 3. The third kappa shape index (κ3) is 6.16. The molecule has 11 heteroatoms. The molecule has 2 rings (SSSR count). The van der Waals surface area contributed by atoms with Crippen LogP contribution in [0.15, 0.2) is 29.2 Å². The van der Waals surface area contributed by atoms with Gasteiger partial charge in [-0.1, -0.05) is 12.1 Å². The summed E-state index contributed by atoms with van der Waals surface area (Å²) < 4.78 is 71.3. The number of carbonyl (C=O) groups excluding carboxylic acids is 1. The zero-order valence-electron chi connectivity index (χ0n) is 15.6. The van der Waals surface area contributed by atoms with Crippen LogP contribution in [0.25, 0.3) is 0 Å². The number of hydrogen-bond donors (Lipinski definition) is 2. The number of nitrogens with zero attached hydrogens (tertiary/aromatic N) is 1. The Labute approximate surface area is 162 Å². The topological polar surface area (TPSA) is 87.7 Å². The molecular formula is C17H24F3N3O4S. The summed E-state index contributed by atoms with van der Waals surface area (Å²) in [5.74, 6) is -0.617. The molecule has 1 aromatic carbocycles. The Balaban J connectivity index is 2.01. The molecule has 1 aromatic rings. The molecule has 0 radical (unpaired) electrons. The van der Waals surface area contributed by atoms with Crippen molar-refractivity contribution in [2.45, 2.75) is 37.0 Å². The average molecular weight is 423 g/mol. The number of carbonyl (C=O) groups is 1. The van der Waals surface area contributed by atoms with Gasteiger partial charge >= 0.3 is 6.18 Å². The highest BCUT2D eigenvalue weighted by atomic mass is 32.2. The lowest BCUT2D eigenvalue weighted by Crippen LogP contribution is -2.51. The van der Waals surface area contributed by atoms with Gasteiger partial charge in [-0.3, -0.25) is 9.69 Å². The van der Waals surface area contributed by atoms with E-state index in [1.807, 2.05) is 4.72 Å². The predicted molar refractivity (Wildman–Crippen MR) is 96.1 cm³/mol. The molecule has 0 aliphatic carbocycles. The molecule has 1 amide bonds. The molecule has 158 valence electrons. The number of benzene rings is 1. The lowest BCUT2D eigenvalue weighted by molar-refractivity contribution is -0.139. The summed E-state index contributed by atoms with van der Waals surface area (Å²) in [6.45, 7) is 6.29. The van der Waals surface area contributed by atoms with Crippen LogP contribution in [0.2, 0.25) is 0 Å². The maximum Gasteiger partial charge on any atom is 0.417 e. The van der Waals surface area contributed by atoms with E-state index in [4.69, 9.17) is 4.74 Å². The summed E-state index contributed by atoms with van der Waals surface area (Å²) in [6.07, 6.45) is -4.83. The number of rotatable bonds is 7. The summed E-state index contributed by atoms with van der Waals surface area (Å²) in [4.78, 5) is 13.5. The van der Waals surface area contributed by atoms with E-state index in [1.165, 1.54) is 13.0 Å². The van der Waals surface area contributed by atoms with Gasteiger partial charge < -0.3 is 10.1 Å². The van der Waals surface area contributed by atoms with Crippen LogP contribution in [0.3, 0.4) is 0 Å². The van der Waals surface area contributed by atoms with Gasteiger partial charge in [-0.2, -0.15) is 17.9 Å². The van der Waals surface area contributed by atoms with Crippen molar-refractivity contribution < 1.29 is 31.1 Å². The van der Waals surface area contributed by atoms with E-state index in [9.17, 15) is 26.4 Å². The fraction of sp³-hybridized carbons (Fsp3) is 0.588. The smallest absolute Gasteiger partial charge is 0.379 e. The first-order valence-electron chi connectivity index (χ1n) is 8.80. The Bertz CT molecular complexity index is 780. The molecule has 7 nitrogen and oxygen atoms in total. The molecular weight excluding hydrogens is 399 g/mol. The summed E-state index contributed by atoms with van der Waals surface area (Å²) in [5, 5.41) is 2.68. The van der Waals surface area contributed by atoms with Gasteiger partial charge in [-0.15, -0.1) is 0 Å². The van der Waals surface area contributed by atoms with Crippen molar-refractivity contribution in [3.63, 3.8) is 0 Å². The summed E-state index contributed by atoms with van der Waals surface area (Å²) in [7, 11) is -4.54. The number of morpholine rings is 1. The minimum absolute atomic E-state index is 0.264. The second-order valence-electron chi connectivity index (χ2n) is 6.66. The van der Waals surface area contributed by atoms with Crippen LogP contribution in [0.4, 0.5) is 13.2 Å². The Morgan fingerprint density at radius 2 is 1.82 bits per heavy atom. The second kappa shape index (κ2) is 9.21. The highest BCUT2D eigenvalue weighted by Gasteiger charge is 2.37. The van der Waals surface area contributed by atoms with Crippen molar-refractivity contribution in [1.29, 1.82) is 0 Å². The molecule has 0 spiro atoms. The Morgan fingerprint density at radius 1 is 1.21 bits per heavy atom. The van der Waals surface area contributed by atoms with Gasteiger partial charge in [-0.05, 0) is 26.0 Å². The van der Waals surface area contributed by atoms with Gasteiger partial charge in [0.15, 0.2) is 0 Å². The molecule has 1 heterocycles. The van der Waals surface area contributed by atoms with E-state index in [2.05, 4.69) is 10.2 Å². The summed E-state index contributed by atoms with van der Waals surface area (Å²) >= 11 is 0. The Kier molecular flexibility index (Phi) is 7.43. The standard InChI is InChI=1S/C17H24F3N3O4S/c1-12(11-23-7-9-27-10-8-23)21-16(24)13(2)22-28(25,26)15-6-4-3-5-14(15)17(18,19)20/h3-6,12-13,22H,7-11H2,1-2H3,(H,21,24)/t12?,13-/m0/s1. The third-order valence-electron chi connectivity index (χ3n) is 4.23. The Morgan fingerprint density at radius 3 is 2.43 bits per heavy atom. The number of hydrogen-bond acceptors (Lipinski definition) is 5. The first kappa shape index (κ1) is 22.6. The SMILES string of the molecule is CC(CN1CCOCC1)NC(=O)[C@H](C)NS(=O)(=O)c1ccccc1C(F)(F)F. The minimum atomic E-state index is -4.83. The normalized spacial score (nSPS) is 18.5. The van der Waals surface area contributed by atoms with Crippen molar-refractivity contribution in [1.82, 2.24) is 14.9 Å². The van der Waals surface area contributed by atoms with E-state index < -0.39 is 38.6 Å². The Hall–Kier alpha value is -1.69. The lowest BCUT2D eigenvalue weighted by Gasteiger charge is -2.29. The van der Waals surface area contributed by atoms with Gasteiger partial charge in [0.1, 0.15) is 0 Å². The van der Waals surface area contributed by atoms with Gasteiger partial charge in [0.05, 0.1) is 29.7 Å². The number of amides is 1. The van der Waals surface area contributed by atoms with E-state index in [0.29, 0.717) is 25.8 Å². The van der Waals surface area contributed by atoms with Crippen LogP contribution in [0.5, 0.6) is 0 Å². The number of sulfonamides is 1. The lowest BCUT2D eigenvalue weighted by atomic mass is 10.2. The zero-order chi connectivity index (χ0) is 20.9. The van der Waals surface area contributed by atoms with Gasteiger partial charge in [0.25, 0.3) is 0 Å². The summed E-state index contributed by atoms with van der Waals surface area (Å²) in [5.41, 5.74) is -1.28. The first-order chi connectivity index (χ1) is 13.0. The number of halogens is 3. The molecule has 1 unspecified atom stereocenters. The molecule has 1 saturated heterocycles. The highest BCUT2D eigenvalue weighted by Crippen LogP contribution is 2.33. The van der Waals surface area contributed by atoms with E-state index in [-0.39, 0.29) is 6.04 Å². The van der Waals surface area contributed by atoms with Gasteiger partial charge in [0.2, 0.25) is 15.9 Å². The number of ether oxygens (including phenoxy) is 1. The predicted octanol–water partition coefficient (Wildman–Crippen LogP) is 1.21. The van der Waals surface area contributed by atoms with Crippen molar-refractivity contribution in [3.05, 3.63) is 29.8 Å². The van der Waals surface area contributed by atoms with Crippen LogP contribution >= 0.6 is 0 Å². The molecule has 1 fully saturated rings. The molecule has 2 atom stereocenters. The maximum atomic E-state index is 13.1. The van der Waals surface area contributed by atoms with Crippen LogP contribution in [0, 0.1) is 0 Å². The molecule has 0 aromatic heterocycles. The molecule has 0 saturated carbocycles. The highest BCUT2D eigenvalue weighted by molar-refractivity contribution is 7.89. The fourth-order valence-electron chi connectivity index (χ4n) is 2.87. The van der Waals surface area contributed by atoms with Crippen molar-refractivity contribution in [3.8, 4) is 0 Å². The third-order valence-corrected chi connectivity index (χ3v) is 5.83. The number of nitrogens with one attached hydrogen (secondary N) is 2. The molecule has 0 bridgehead atoms. The van der Waals surface area contributed by atoms with Gasteiger partial charge in [0, 0.05) is 25.7 Å². The minimum Gasteiger partial charge on any atom is -0.379 e. The molecule has 1 aliphatic rings. The van der Waals surface area contributed by atoms with Crippen LogP contribution < -0.4 is 10.0 Å². The first-order valence-corrected chi connectivity index (χ1v) is 10.3. The largest absolute Gasteiger partial charge is 0.417 e. The van der Waals surface area contributed by atoms with E-state index >= 15 is 0 Å². The molecule has 28 heavy (non-hydrogen) atoms. The fourth-order valence-corrected chi connectivity index (χ4v) is 4.30. The second-order valence-corrected chi connectivity index (χ2v) is 8.34. The van der Waals surface area contributed by atoms with Crippen molar-refractivity contribution in [2.24, 2.45) is 0 Å². The van der Waals surface area contributed by atoms with Crippen molar-refractivity contribution >= 4 is 15.9 Å². The van der Waals surface area contributed by atoms with E-state index in [0.717, 1.165) is 25.2 Å². The quantitative estimate of drug-likeness (QED) is 0.689. The monoisotopic (exact) mass is 423 g/mol. The van der Waals surface area contributed by atoms with E-state index in [1.54, 1.807) is 6.92 Å². The zero-order valence-corrected chi connectivity index (χ0v) is 16.4. The average Bonchev–Trinajstić information content (AvgIpc) is 2.61. The maximum absolute atomic E-state index is 13.1. The van der Waals surface area contributed by atoms with Crippen LogP contribution in [0.1, 0.15) is 19.4 Å². The summed E-state index contributed by atoms with van der Waals surface area (Å²) in [6, 6.07) is 2.34. The molecule has 1 aliphatic heterocycles. The molecule has 2 N–H and O–H groups in total.